The van der Waals surface area contributed by atoms with Crippen molar-refractivity contribution in [1.82, 2.24) is 24.6 Å². The third-order valence-corrected chi connectivity index (χ3v) is 8.34. The number of thiazole rings is 1. The predicted molar refractivity (Wildman–Crippen MR) is 129 cm³/mol. The number of aryl methyl sites for hydroxylation is 1. The average Bonchev–Trinajstić information content (AvgIpc) is 3.48. The molecule has 9 nitrogen and oxygen atoms in total. The van der Waals surface area contributed by atoms with Crippen molar-refractivity contribution in [2.45, 2.75) is 44.7 Å². The highest BCUT2D eigenvalue weighted by atomic mass is 32.2. The number of thioether (sulfide) groups is 1. The van der Waals surface area contributed by atoms with Crippen LogP contribution in [0.4, 0.5) is 5.13 Å². The molecule has 0 saturated heterocycles. The molecule has 0 aromatic carbocycles. The van der Waals surface area contributed by atoms with Gasteiger partial charge >= 0.3 is 5.97 Å². The van der Waals surface area contributed by atoms with Crippen LogP contribution >= 0.6 is 34.4 Å². The Bertz CT molecular complexity index is 1340. The van der Waals surface area contributed by atoms with Crippen LogP contribution in [-0.2, 0) is 33.6 Å². The molecule has 172 valence electrons. The van der Waals surface area contributed by atoms with Crippen molar-refractivity contribution in [2.75, 3.05) is 17.7 Å². The summed E-state index contributed by atoms with van der Waals surface area (Å²) >= 11 is 4.33. The van der Waals surface area contributed by atoms with Crippen LogP contribution in [0.3, 0.4) is 0 Å². The second kappa shape index (κ2) is 9.35. The molecule has 0 aliphatic heterocycles. The highest BCUT2D eigenvalue weighted by Gasteiger charge is 2.24. The van der Waals surface area contributed by atoms with Gasteiger partial charge in [-0.25, -0.2) is 9.97 Å². The lowest BCUT2D eigenvalue weighted by Gasteiger charge is -2.17. The lowest BCUT2D eigenvalue weighted by Crippen LogP contribution is -2.14. The first-order valence-corrected chi connectivity index (χ1v) is 13.4. The van der Waals surface area contributed by atoms with Crippen molar-refractivity contribution in [3.63, 3.8) is 0 Å². The van der Waals surface area contributed by atoms with Crippen LogP contribution in [0, 0.1) is 5.92 Å². The molecular formula is C21H22N6O3S3. The van der Waals surface area contributed by atoms with E-state index >= 15 is 0 Å². The van der Waals surface area contributed by atoms with E-state index in [4.69, 9.17) is 4.74 Å². The number of thiophene rings is 1. The quantitative estimate of drug-likeness (QED) is 0.300. The van der Waals surface area contributed by atoms with Gasteiger partial charge in [0.15, 0.2) is 15.9 Å². The van der Waals surface area contributed by atoms with Crippen LogP contribution in [0.2, 0.25) is 0 Å². The van der Waals surface area contributed by atoms with Crippen molar-refractivity contribution in [3.8, 4) is 0 Å². The van der Waals surface area contributed by atoms with Gasteiger partial charge < -0.3 is 10.1 Å². The Labute approximate surface area is 202 Å². The number of nitrogens with zero attached hydrogens (tertiary/aromatic N) is 5. The summed E-state index contributed by atoms with van der Waals surface area (Å²) in [5, 5.41) is 15.4. The van der Waals surface area contributed by atoms with Gasteiger partial charge in [-0.2, -0.15) is 0 Å². The minimum atomic E-state index is -0.334. The maximum absolute atomic E-state index is 12.4. The average molecular weight is 503 g/mol. The topological polar surface area (TPSA) is 111 Å². The zero-order valence-electron chi connectivity index (χ0n) is 18.2. The summed E-state index contributed by atoms with van der Waals surface area (Å²) in [5.74, 6) is 0.317. The summed E-state index contributed by atoms with van der Waals surface area (Å²) in [6.45, 7) is 4.38. The van der Waals surface area contributed by atoms with Crippen molar-refractivity contribution >= 4 is 67.3 Å². The number of rotatable bonds is 7. The smallest absolute Gasteiger partial charge is 0.311 e. The number of carbonyl (C=O) groups is 2. The molecule has 0 radical (unpaired) electrons. The van der Waals surface area contributed by atoms with Gasteiger partial charge in [-0.15, -0.1) is 32.9 Å². The molecule has 5 rings (SSSR count). The Morgan fingerprint density at radius 1 is 1.36 bits per heavy atom. The number of hydrogen-bond acceptors (Lipinski definition) is 10. The SMILES string of the molecule is CCOC(=O)Cc1csc(NC(=O)CSc2nnc3c4c5c(sc4ncn23)C[C@@H](C)CC5)n1. The lowest BCUT2D eigenvalue weighted by atomic mass is 9.89. The Morgan fingerprint density at radius 2 is 2.24 bits per heavy atom. The van der Waals surface area contributed by atoms with E-state index in [-0.39, 0.29) is 24.1 Å². The predicted octanol–water partition coefficient (Wildman–Crippen LogP) is 3.76. The molecule has 4 heterocycles. The first kappa shape index (κ1) is 22.2. The monoisotopic (exact) mass is 502 g/mol. The van der Waals surface area contributed by atoms with Gasteiger partial charge in [-0.3, -0.25) is 14.0 Å². The summed E-state index contributed by atoms with van der Waals surface area (Å²) in [6, 6.07) is 0. The Morgan fingerprint density at radius 3 is 3.09 bits per heavy atom. The molecule has 0 unspecified atom stereocenters. The Kier molecular flexibility index (Phi) is 6.30. The van der Waals surface area contributed by atoms with E-state index in [1.165, 1.54) is 40.0 Å². The maximum atomic E-state index is 12.4. The number of carbonyl (C=O) groups excluding carboxylic acids is 2. The summed E-state index contributed by atoms with van der Waals surface area (Å²) in [7, 11) is 0. The fourth-order valence-corrected chi connectivity index (χ4v) is 6.68. The molecule has 4 aromatic heterocycles. The largest absolute Gasteiger partial charge is 0.466 e. The number of amides is 1. The number of nitrogens with one attached hydrogen (secondary N) is 1. The van der Waals surface area contributed by atoms with Gasteiger partial charge in [0.2, 0.25) is 5.91 Å². The minimum absolute atomic E-state index is 0.0906. The lowest BCUT2D eigenvalue weighted by molar-refractivity contribution is -0.142. The second-order valence-corrected chi connectivity index (χ2v) is 10.8. The van der Waals surface area contributed by atoms with Gasteiger partial charge in [0.1, 0.15) is 11.2 Å². The summed E-state index contributed by atoms with van der Waals surface area (Å²) < 4.78 is 6.79. The molecule has 1 N–H and O–H groups in total. The number of fused-ring (bicyclic) bond motifs is 5. The van der Waals surface area contributed by atoms with Crippen molar-refractivity contribution < 1.29 is 14.3 Å². The van der Waals surface area contributed by atoms with Gasteiger partial charge in [-0.1, -0.05) is 18.7 Å². The molecule has 1 aliphatic rings. The van der Waals surface area contributed by atoms with E-state index in [0.717, 1.165) is 28.7 Å². The zero-order chi connectivity index (χ0) is 22.9. The highest BCUT2D eigenvalue weighted by Crippen LogP contribution is 2.39. The maximum Gasteiger partial charge on any atom is 0.311 e. The molecule has 4 aromatic rings. The zero-order valence-corrected chi connectivity index (χ0v) is 20.6. The van der Waals surface area contributed by atoms with Crippen LogP contribution < -0.4 is 5.32 Å². The number of aromatic nitrogens is 5. The molecule has 0 spiro atoms. The van der Waals surface area contributed by atoms with Crippen molar-refractivity contribution in [3.05, 3.63) is 27.8 Å². The van der Waals surface area contributed by atoms with Gasteiger partial charge in [0.05, 0.1) is 29.9 Å². The van der Waals surface area contributed by atoms with E-state index < -0.39 is 0 Å². The molecular weight excluding hydrogens is 480 g/mol. The van der Waals surface area contributed by atoms with Crippen molar-refractivity contribution in [1.29, 1.82) is 0 Å². The van der Waals surface area contributed by atoms with E-state index in [1.807, 2.05) is 4.40 Å². The standard InChI is InChI=1S/C21H22N6O3S3/c1-3-30-16(29)7-12-8-31-20(23-12)24-15(28)9-32-21-26-25-18-17-13-5-4-11(2)6-14(13)33-19(17)22-10-27(18)21/h8,10-11H,3-7,9H2,1-2H3,(H,23,24,28)/t11-/m0/s1. The first-order valence-electron chi connectivity index (χ1n) is 10.7. The fraction of sp³-hybridized carbons (Fsp3) is 0.429. The Balaban J connectivity index is 1.26. The summed E-state index contributed by atoms with van der Waals surface area (Å²) in [5.41, 5.74) is 2.74. The molecule has 1 amide bonds. The third-order valence-electron chi connectivity index (χ3n) is 5.43. The van der Waals surface area contributed by atoms with Crippen LogP contribution in [0.5, 0.6) is 0 Å². The molecule has 0 fully saturated rings. The number of ether oxygens (including phenoxy) is 1. The third kappa shape index (κ3) is 4.59. The molecule has 33 heavy (non-hydrogen) atoms. The number of anilines is 1. The fourth-order valence-electron chi connectivity index (χ4n) is 3.91. The molecule has 1 aliphatic carbocycles. The highest BCUT2D eigenvalue weighted by molar-refractivity contribution is 7.99. The van der Waals surface area contributed by atoms with Crippen molar-refractivity contribution in [2.24, 2.45) is 5.92 Å². The minimum Gasteiger partial charge on any atom is -0.466 e. The van der Waals surface area contributed by atoms with Gasteiger partial charge in [0, 0.05) is 10.3 Å². The number of hydrogen-bond donors (Lipinski definition) is 1. The number of esters is 1. The summed E-state index contributed by atoms with van der Waals surface area (Å²) in [4.78, 5) is 35.4. The van der Waals surface area contributed by atoms with Crippen LogP contribution in [-0.4, -0.2) is 48.8 Å². The van der Waals surface area contributed by atoms with Crippen LogP contribution in [0.25, 0.3) is 15.9 Å². The van der Waals surface area contributed by atoms with E-state index in [1.54, 1.807) is 30.0 Å². The second-order valence-electron chi connectivity index (χ2n) is 7.92. The van der Waals surface area contributed by atoms with Gasteiger partial charge in [-0.05, 0) is 37.7 Å². The first-order chi connectivity index (χ1) is 16.0. The van der Waals surface area contributed by atoms with Gasteiger partial charge in [0.25, 0.3) is 0 Å². The molecule has 12 heteroatoms. The normalized spacial score (nSPS) is 15.6. The van der Waals surface area contributed by atoms with E-state index in [9.17, 15) is 9.59 Å². The summed E-state index contributed by atoms with van der Waals surface area (Å²) in [6.07, 6.45) is 5.14. The molecule has 1 atom stereocenters. The van der Waals surface area contributed by atoms with E-state index in [0.29, 0.717) is 28.5 Å². The Hall–Kier alpha value is -2.57. The van der Waals surface area contributed by atoms with Crippen LogP contribution in [0.1, 0.15) is 36.4 Å². The molecule has 0 bridgehead atoms. The molecule has 0 saturated carbocycles. The van der Waals surface area contributed by atoms with Crippen LogP contribution in [0.15, 0.2) is 16.9 Å². The van der Waals surface area contributed by atoms with E-state index in [2.05, 4.69) is 32.4 Å².